The Balaban J connectivity index is 1.62. The van der Waals surface area contributed by atoms with Crippen molar-refractivity contribution >= 4 is 58.4 Å². The molecule has 2 aliphatic rings. The summed E-state index contributed by atoms with van der Waals surface area (Å²) in [6, 6.07) is 6.95. The number of fused-ring (bicyclic) bond motifs is 2. The number of carbonyl (C=O) groups is 8. The quantitative estimate of drug-likeness (QED) is 0.131. The number of rotatable bonds is 14. The zero-order valence-electron chi connectivity index (χ0n) is 46.0. The summed E-state index contributed by atoms with van der Waals surface area (Å²) in [6.07, 6.45) is -4.08. The predicted octanol–water partition coefficient (Wildman–Crippen LogP) is 4.16. The van der Waals surface area contributed by atoms with E-state index < -0.39 is 126 Å². The van der Waals surface area contributed by atoms with Gasteiger partial charge in [0.2, 0.25) is 23.6 Å². The van der Waals surface area contributed by atoms with E-state index in [4.69, 9.17) is 18.6 Å². The van der Waals surface area contributed by atoms with Crippen molar-refractivity contribution in [3.05, 3.63) is 76.1 Å². The minimum absolute atomic E-state index is 0.0386. The normalized spacial score (nSPS) is 24.5. The van der Waals surface area contributed by atoms with Gasteiger partial charge >= 0.3 is 17.6 Å². The van der Waals surface area contributed by atoms with Crippen LogP contribution in [-0.2, 0) is 49.5 Å². The highest BCUT2D eigenvalue weighted by Crippen LogP contribution is 2.26. The summed E-state index contributed by atoms with van der Waals surface area (Å²) >= 11 is 0. The van der Waals surface area contributed by atoms with Gasteiger partial charge in [0.15, 0.2) is 6.10 Å². The first-order valence-electron chi connectivity index (χ1n) is 26.4. The summed E-state index contributed by atoms with van der Waals surface area (Å²) in [6.45, 7) is 15.7. The van der Waals surface area contributed by atoms with E-state index in [0.29, 0.717) is 29.5 Å². The Morgan fingerprint density at radius 2 is 1.57 bits per heavy atom. The molecule has 6 amide bonds. The van der Waals surface area contributed by atoms with E-state index in [1.165, 1.54) is 44.0 Å². The molecule has 76 heavy (non-hydrogen) atoms. The molecule has 416 valence electrons. The fourth-order valence-electron chi connectivity index (χ4n) is 9.70. The Kier molecular flexibility index (Phi) is 21.2. The molecule has 4 N–H and O–H groups in total. The standard InChI is InChI=1S/C56H78N6O14/c1-13-33(8)46-43(63)29-45(64)76-48(32(6)7)51(67)57-39(25-30(2)3)53(69)62-24-16-18-40(62)54(70)61(11)42(27-35-20-22-37(73-12)23-21-35)56(72)74-34(9)47(50(66)58-46)59-49(65)41(26-31(4)5)60(10)52(68)38-28-36-17-14-15-19-44(36)75-55(38)71/h14-15,17,19-23,28,30-34,39-43,46-48,63H,13,16,18,24-27,29H2,1-12H3,(H,57,67)(H,58,66)(H,59,65)/t33-,34+,39-,40?,41+,42-,43-,46+,47-,48-/m0/s1. The van der Waals surface area contributed by atoms with Crippen LogP contribution >= 0.6 is 0 Å². The van der Waals surface area contributed by atoms with Crippen molar-refractivity contribution in [2.24, 2.45) is 23.7 Å². The summed E-state index contributed by atoms with van der Waals surface area (Å²) in [5.41, 5.74) is -0.426. The molecule has 1 aromatic heterocycles. The predicted molar refractivity (Wildman–Crippen MR) is 281 cm³/mol. The minimum atomic E-state index is -1.75. The van der Waals surface area contributed by atoms with Gasteiger partial charge in [0.1, 0.15) is 53.2 Å². The first-order chi connectivity index (χ1) is 35.9. The molecule has 0 bridgehead atoms. The van der Waals surface area contributed by atoms with Crippen molar-refractivity contribution in [1.29, 1.82) is 0 Å². The summed E-state index contributed by atoms with van der Waals surface area (Å²) in [4.78, 5) is 133. The average Bonchev–Trinajstić information content (AvgIpc) is 3.87. The lowest BCUT2D eigenvalue weighted by Gasteiger charge is -2.36. The molecule has 20 heteroatoms. The molecule has 2 saturated heterocycles. The first-order valence-corrected chi connectivity index (χ1v) is 26.4. The van der Waals surface area contributed by atoms with E-state index in [1.54, 1.807) is 76.2 Å². The third kappa shape index (κ3) is 15.0. The smallest absolute Gasteiger partial charge is 0.349 e. The van der Waals surface area contributed by atoms with Crippen molar-refractivity contribution in [2.75, 3.05) is 27.7 Å². The Morgan fingerprint density at radius 1 is 0.895 bits per heavy atom. The average molecular weight is 1060 g/mol. The number of aliphatic hydroxyl groups is 1. The Bertz CT molecular complexity index is 2620. The molecule has 0 saturated carbocycles. The number of carbonyl (C=O) groups excluding carboxylic acids is 8. The summed E-state index contributed by atoms with van der Waals surface area (Å²) < 4.78 is 22.7. The van der Waals surface area contributed by atoms with Gasteiger partial charge in [0.25, 0.3) is 11.8 Å². The molecule has 0 spiro atoms. The number of hydrogen-bond donors (Lipinski definition) is 4. The van der Waals surface area contributed by atoms with E-state index >= 15 is 0 Å². The number of esters is 2. The number of nitrogens with one attached hydrogen (secondary N) is 3. The monoisotopic (exact) mass is 1060 g/mol. The molecule has 0 radical (unpaired) electrons. The van der Waals surface area contributed by atoms with Crippen molar-refractivity contribution < 1.29 is 62.1 Å². The highest BCUT2D eigenvalue weighted by Gasteiger charge is 2.44. The zero-order chi connectivity index (χ0) is 56.3. The number of cyclic esters (lactones) is 2. The summed E-state index contributed by atoms with van der Waals surface area (Å²) in [7, 11) is 4.25. The van der Waals surface area contributed by atoms with Gasteiger partial charge in [-0.05, 0) is 86.1 Å². The first kappa shape index (κ1) is 60.0. The highest BCUT2D eigenvalue weighted by molar-refractivity contribution is 6.00. The lowest BCUT2D eigenvalue weighted by Crippen LogP contribution is -2.61. The molecule has 10 atom stereocenters. The number of benzene rings is 2. The zero-order valence-corrected chi connectivity index (χ0v) is 46.0. The topological polar surface area (TPSA) is 260 Å². The number of hydrogen-bond acceptors (Lipinski definition) is 14. The van der Waals surface area contributed by atoms with Crippen LogP contribution in [0.3, 0.4) is 0 Å². The van der Waals surface area contributed by atoms with Crippen LogP contribution in [0.15, 0.2) is 63.8 Å². The fourth-order valence-corrected chi connectivity index (χ4v) is 9.70. The molecule has 2 aromatic carbocycles. The molecular weight excluding hydrogens is 981 g/mol. The van der Waals surface area contributed by atoms with Crippen LogP contribution in [0.5, 0.6) is 5.75 Å². The molecule has 3 heterocycles. The van der Waals surface area contributed by atoms with Crippen LogP contribution in [0.4, 0.5) is 0 Å². The Morgan fingerprint density at radius 3 is 2.18 bits per heavy atom. The number of para-hydroxylation sites is 1. The number of aliphatic hydroxyl groups excluding tert-OH is 1. The largest absolute Gasteiger partial charge is 0.497 e. The van der Waals surface area contributed by atoms with Gasteiger partial charge in [-0.2, -0.15) is 0 Å². The molecule has 0 aliphatic carbocycles. The van der Waals surface area contributed by atoms with Crippen LogP contribution in [0.25, 0.3) is 11.0 Å². The number of nitrogens with zero attached hydrogens (tertiary/aromatic N) is 3. The minimum Gasteiger partial charge on any atom is -0.497 e. The Labute approximate surface area is 444 Å². The molecule has 2 fully saturated rings. The van der Waals surface area contributed by atoms with Crippen LogP contribution in [0.1, 0.15) is 117 Å². The molecule has 3 aromatic rings. The van der Waals surface area contributed by atoms with E-state index in [2.05, 4.69) is 16.0 Å². The second kappa shape index (κ2) is 26.8. The van der Waals surface area contributed by atoms with Crippen LogP contribution in [0, 0.1) is 23.7 Å². The SMILES string of the molecule is CC[C@H](C)[C@H]1NC(=O)[C@@H](NC(=O)[C@@H](CC(C)C)N(C)C(=O)c2cc3ccccc3oc2=O)[C@@H](C)OC(=O)[C@H](Cc2ccc(OC)cc2)N(C)C(=O)C2CCCN2C(=O)[C@H](CC(C)C)NC(=O)[C@H](C(C)C)OC(=O)C[C@@H]1O. The van der Waals surface area contributed by atoms with E-state index in [1.807, 2.05) is 27.7 Å². The third-order valence-electron chi connectivity index (χ3n) is 14.3. The van der Waals surface area contributed by atoms with Gasteiger partial charge in [-0.25, -0.2) is 9.59 Å². The molecule has 2 aliphatic heterocycles. The lowest BCUT2D eigenvalue weighted by atomic mass is 9.92. The maximum Gasteiger partial charge on any atom is 0.349 e. The summed E-state index contributed by atoms with van der Waals surface area (Å²) in [5, 5.41) is 20.6. The van der Waals surface area contributed by atoms with Gasteiger partial charge in [-0.3, -0.25) is 33.6 Å². The van der Waals surface area contributed by atoms with E-state index in [9.17, 15) is 48.3 Å². The number of amides is 6. The van der Waals surface area contributed by atoms with Gasteiger partial charge in [-0.15, -0.1) is 0 Å². The maximum absolute atomic E-state index is 14.9. The maximum atomic E-state index is 14.9. The number of ether oxygens (including phenoxy) is 3. The van der Waals surface area contributed by atoms with Gasteiger partial charge in [-0.1, -0.05) is 92.1 Å². The van der Waals surface area contributed by atoms with Crippen LogP contribution < -0.4 is 26.3 Å². The molecule has 20 nitrogen and oxygen atoms in total. The lowest BCUT2D eigenvalue weighted by molar-refractivity contribution is -0.162. The van der Waals surface area contributed by atoms with Gasteiger partial charge < -0.3 is 54.4 Å². The second-order valence-electron chi connectivity index (χ2n) is 21.4. The van der Waals surface area contributed by atoms with Crippen molar-refractivity contribution in [2.45, 2.75) is 162 Å². The third-order valence-corrected chi connectivity index (χ3v) is 14.3. The molecule has 5 rings (SSSR count). The van der Waals surface area contributed by atoms with E-state index in [0.717, 1.165) is 4.90 Å². The second-order valence-corrected chi connectivity index (χ2v) is 21.4. The van der Waals surface area contributed by atoms with Crippen LogP contribution in [-0.4, -0.2) is 150 Å². The number of methoxy groups -OCH3 is 1. The van der Waals surface area contributed by atoms with Crippen molar-refractivity contribution in [3.63, 3.8) is 0 Å². The number of likely N-dealkylation sites (N-methyl/N-ethyl adjacent to an activating group) is 2. The fraction of sp³-hybridized carbons (Fsp3) is 0.589. The van der Waals surface area contributed by atoms with Crippen molar-refractivity contribution in [1.82, 2.24) is 30.7 Å². The van der Waals surface area contributed by atoms with Gasteiger partial charge in [0, 0.05) is 32.4 Å². The molecule has 1 unspecified atom stereocenters. The van der Waals surface area contributed by atoms with Crippen molar-refractivity contribution in [3.8, 4) is 5.75 Å². The summed E-state index contributed by atoms with van der Waals surface area (Å²) in [5.74, 6) is -7.41. The Hall–Kier alpha value is -6.83. The van der Waals surface area contributed by atoms with E-state index in [-0.39, 0.29) is 55.2 Å². The molecular formula is C56H78N6O14. The van der Waals surface area contributed by atoms with Gasteiger partial charge in [0.05, 0.1) is 25.7 Å². The highest BCUT2D eigenvalue weighted by atomic mass is 16.6. The van der Waals surface area contributed by atoms with Crippen LogP contribution in [0.2, 0.25) is 0 Å².